The summed E-state index contributed by atoms with van der Waals surface area (Å²) in [6, 6.07) is 7.41. The summed E-state index contributed by atoms with van der Waals surface area (Å²) in [4.78, 5) is 56.4. The summed E-state index contributed by atoms with van der Waals surface area (Å²) in [5, 5.41) is 2.44. The van der Waals surface area contributed by atoms with Crippen LogP contribution in [0.2, 0.25) is 0 Å². The van der Waals surface area contributed by atoms with E-state index < -0.39 is 12.1 Å². The van der Waals surface area contributed by atoms with Gasteiger partial charge in [-0.1, -0.05) is 51.5 Å². The SMILES string of the molecule is CCCCN(Cc1ncc(-c2ccc(-c3cnc([C@@H]4CCCN4C(=O)[C@@H](N)C(C)C)[nH]3)cc2)[nH]1)C(=O)CNC(=O)OC. The van der Waals surface area contributed by atoms with Crippen LogP contribution in [0.5, 0.6) is 0 Å². The van der Waals surface area contributed by atoms with Crippen molar-refractivity contribution in [3.05, 3.63) is 48.3 Å². The number of imidazole rings is 2. The fraction of sp³-hybridized carbons (Fsp3) is 0.500. The second-order valence-electron chi connectivity index (χ2n) is 11.0. The van der Waals surface area contributed by atoms with E-state index in [9.17, 15) is 14.4 Å². The lowest BCUT2D eigenvalue weighted by Crippen LogP contribution is -2.46. The first-order chi connectivity index (χ1) is 20.2. The molecule has 12 nitrogen and oxygen atoms in total. The number of nitrogens with one attached hydrogen (secondary N) is 3. The van der Waals surface area contributed by atoms with Crippen LogP contribution in [0, 0.1) is 5.92 Å². The van der Waals surface area contributed by atoms with Gasteiger partial charge in [0.05, 0.1) is 49.5 Å². The highest BCUT2D eigenvalue weighted by atomic mass is 16.5. The maximum absolute atomic E-state index is 12.9. The molecule has 0 radical (unpaired) electrons. The van der Waals surface area contributed by atoms with E-state index in [1.165, 1.54) is 7.11 Å². The van der Waals surface area contributed by atoms with Crippen LogP contribution < -0.4 is 11.1 Å². The zero-order valence-electron chi connectivity index (χ0n) is 24.9. The van der Waals surface area contributed by atoms with Crippen LogP contribution in [-0.4, -0.2) is 80.4 Å². The van der Waals surface area contributed by atoms with E-state index in [4.69, 9.17) is 5.73 Å². The molecule has 1 aromatic carbocycles. The lowest BCUT2D eigenvalue weighted by Gasteiger charge is -2.27. The van der Waals surface area contributed by atoms with E-state index in [0.717, 1.165) is 54.0 Å². The van der Waals surface area contributed by atoms with E-state index in [2.05, 4.69) is 36.9 Å². The molecule has 2 aromatic heterocycles. The summed E-state index contributed by atoms with van der Waals surface area (Å²) in [5.74, 6) is 1.28. The Kier molecular flexibility index (Phi) is 10.3. The van der Waals surface area contributed by atoms with Gasteiger partial charge in [-0.3, -0.25) is 9.59 Å². The highest BCUT2D eigenvalue weighted by molar-refractivity contribution is 5.83. The van der Waals surface area contributed by atoms with Crippen LogP contribution >= 0.6 is 0 Å². The van der Waals surface area contributed by atoms with Gasteiger partial charge in [0.25, 0.3) is 0 Å². The van der Waals surface area contributed by atoms with Crippen molar-refractivity contribution in [3.63, 3.8) is 0 Å². The molecule has 0 aliphatic carbocycles. The fourth-order valence-electron chi connectivity index (χ4n) is 5.02. The van der Waals surface area contributed by atoms with Gasteiger partial charge in [-0.25, -0.2) is 14.8 Å². The van der Waals surface area contributed by atoms with Crippen molar-refractivity contribution >= 4 is 17.9 Å². The molecular formula is C30H42N8O4. The monoisotopic (exact) mass is 578 g/mol. The lowest BCUT2D eigenvalue weighted by atomic mass is 10.0. The molecule has 226 valence electrons. The number of ether oxygens (including phenoxy) is 1. The molecule has 0 bridgehead atoms. The van der Waals surface area contributed by atoms with Crippen LogP contribution in [0.3, 0.4) is 0 Å². The van der Waals surface area contributed by atoms with Crippen LogP contribution in [0.4, 0.5) is 4.79 Å². The largest absolute Gasteiger partial charge is 0.453 e. The minimum Gasteiger partial charge on any atom is -0.453 e. The van der Waals surface area contributed by atoms with Crippen molar-refractivity contribution in [2.45, 2.75) is 65.1 Å². The third-order valence-corrected chi connectivity index (χ3v) is 7.63. The molecule has 3 amide bonds. The van der Waals surface area contributed by atoms with E-state index in [1.54, 1.807) is 17.3 Å². The van der Waals surface area contributed by atoms with Gasteiger partial charge < -0.3 is 35.6 Å². The van der Waals surface area contributed by atoms with Crippen molar-refractivity contribution in [1.29, 1.82) is 0 Å². The molecule has 2 atom stereocenters. The van der Waals surface area contributed by atoms with Crippen LogP contribution in [0.15, 0.2) is 36.7 Å². The summed E-state index contributed by atoms with van der Waals surface area (Å²) in [6.45, 7) is 7.40. The Bertz CT molecular complexity index is 1350. The molecule has 3 aromatic rings. The Hall–Kier alpha value is -4.19. The standard InChI is InChI=1S/C30H42N8O4/c1-5-6-13-37(26(39)17-34-30(41)42-4)18-25-32-15-22(35-25)20-9-11-21(12-10-20)23-16-33-28(36-23)24-8-7-14-38(24)29(40)27(31)19(2)3/h9-12,15-16,19,24,27H,5-8,13-14,17-18,31H2,1-4H3,(H,32,35)(H,33,36)(H,34,41)/t24-,27-/m0/s1. The highest BCUT2D eigenvalue weighted by Gasteiger charge is 2.35. The highest BCUT2D eigenvalue weighted by Crippen LogP contribution is 2.32. The number of likely N-dealkylation sites (tertiary alicyclic amines) is 1. The first-order valence-electron chi connectivity index (χ1n) is 14.6. The molecule has 1 fully saturated rings. The number of carbonyl (C=O) groups excluding carboxylic acids is 3. The first kappa shape index (κ1) is 30.8. The summed E-state index contributed by atoms with van der Waals surface area (Å²) >= 11 is 0. The second-order valence-corrected chi connectivity index (χ2v) is 11.0. The number of nitrogens with zero attached hydrogens (tertiary/aromatic N) is 4. The Labute approximate surface area is 246 Å². The molecule has 42 heavy (non-hydrogen) atoms. The number of methoxy groups -OCH3 is 1. The zero-order chi connectivity index (χ0) is 30.2. The van der Waals surface area contributed by atoms with Gasteiger partial charge in [-0.15, -0.1) is 0 Å². The molecule has 12 heteroatoms. The first-order valence-corrected chi connectivity index (χ1v) is 14.6. The summed E-state index contributed by atoms with van der Waals surface area (Å²) in [5.41, 5.74) is 9.79. The quantitative estimate of drug-likeness (QED) is 0.255. The van der Waals surface area contributed by atoms with Gasteiger partial charge in [0.15, 0.2) is 0 Å². The Morgan fingerprint density at radius 2 is 1.79 bits per heavy atom. The maximum Gasteiger partial charge on any atom is 0.407 e. The van der Waals surface area contributed by atoms with Gasteiger partial charge in [0, 0.05) is 13.1 Å². The molecule has 5 N–H and O–H groups in total. The molecule has 0 saturated carbocycles. The van der Waals surface area contributed by atoms with Gasteiger partial charge >= 0.3 is 6.09 Å². The Balaban J connectivity index is 1.41. The van der Waals surface area contributed by atoms with Gasteiger partial charge in [0.1, 0.15) is 18.2 Å². The molecule has 1 aliphatic rings. The normalized spacial score (nSPS) is 15.6. The van der Waals surface area contributed by atoms with Crippen molar-refractivity contribution in [3.8, 4) is 22.5 Å². The predicted molar refractivity (Wildman–Crippen MR) is 159 cm³/mol. The number of rotatable bonds is 12. The van der Waals surface area contributed by atoms with Crippen molar-refractivity contribution in [1.82, 2.24) is 35.1 Å². The number of nitrogens with two attached hydrogens (primary N) is 1. The van der Waals surface area contributed by atoms with Crippen LogP contribution in [-0.2, 0) is 20.9 Å². The van der Waals surface area contributed by atoms with Crippen molar-refractivity contribution in [2.24, 2.45) is 11.7 Å². The van der Waals surface area contributed by atoms with Crippen LogP contribution in [0.25, 0.3) is 22.5 Å². The summed E-state index contributed by atoms with van der Waals surface area (Å²) in [6.07, 6.45) is 6.47. The predicted octanol–water partition coefficient (Wildman–Crippen LogP) is 3.60. The summed E-state index contributed by atoms with van der Waals surface area (Å²) in [7, 11) is 1.26. The lowest BCUT2D eigenvalue weighted by molar-refractivity contribution is -0.134. The maximum atomic E-state index is 12.9. The number of H-pyrrole nitrogens is 2. The number of amides is 3. The number of aromatic amines is 2. The van der Waals surface area contributed by atoms with E-state index in [0.29, 0.717) is 25.5 Å². The molecule has 0 spiro atoms. The minimum atomic E-state index is -0.643. The molecule has 3 heterocycles. The molecular weight excluding hydrogens is 536 g/mol. The Morgan fingerprint density at radius 1 is 1.12 bits per heavy atom. The average molecular weight is 579 g/mol. The van der Waals surface area contributed by atoms with Gasteiger partial charge in [-0.05, 0) is 36.3 Å². The molecule has 1 saturated heterocycles. The summed E-state index contributed by atoms with van der Waals surface area (Å²) < 4.78 is 4.56. The third-order valence-electron chi connectivity index (χ3n) is 7.63. The fourth-order valence-corrected chi connectivity index (χ4v) is 5.02. The third kappa shape index (κ3) is 7.35. The van der Waals surface area contributed by atoms with Crippen molar-refractivity contribution in [2.75, 3.05) is 26.7 Å². The topological polar surface area (TPSA) is 162 Å². The number of hydrogen-bond donors (Lipinski definition) is 4. The van der Waals surface area contributed by atoms with E-state index in [1.807, 2.05) is 43.0 Å². The molecule has 1 aliphatic heterocycles. The number of benzene rings is 1. The second kappa shape index (κ2) is 14.1. The number of aromatic nitrogens is 4. The molecule has 4 rings (SSSR count). The number of unbranched alkanes of at least 4 members (excludes halogenated alkanes) is 1. The van der Waals surface area contributed by atoms with Crippen LogP contribution in [0.1, 0.15) is 64.1 Å². The van der Waals surface area contributed by atoms with Crippen molar-refractivity contribution < 1.29 is 19.1 Å². The van der Waals surface area contributed by atoms with Gasteiger partial charge in [0.2, 0.25) is 11.8 Å². The molecule has 0 unspecified atom stereocenters. The smallest absolute Gasteiger partial charge is 0.407 e. The van der Waals surface area contributed by atoms with Gasteiger partial charge in [-0.2, -0.15) is 0 Å². The number of carbonyl (C=O) groups is 3. The minimum absolute atomic E-state index is 0.0237. The number of alkyl carbamates (subject to hydrolysis) is 1. The van der Waals surface area contributed by atoms with E-state index in [-0.39, 0.29) is 30.3 Å². The number of hydrogen-bond acceptors (Lipinski definition) is 7. The average Bonchev–Trinajstić information content (AvgIpc) is 3.78. The van der Waals surface area contributed by atoms with E-state index >= 15 is 0 Å². The Morgan fingerprint density at radius 3 is 2.43 bits per heavy atom. The zero-order valence-corrected chi connectivity index (χ0v) is 24.9.